The quantitative estimate of drug-likeness (QED) is 0.377. The van der Waals surface area contributed by atoms with Gasteiger partial charge in [-0.1, -0.05) is 18.2 Å². The predicted molar refractivity (Wildman–Crippen MR) is 141 cm³/mol. The van der Waals surface area contributed by atoms with Crippen LogP contribution < -0.4 is 23.8 Å². The zero-order valence-electron chi connectivity index (χ0n) is 20.8. The van der Waals surface area contributed by atoms with Gasteiger partial charge < -0.3 is 14.8 Å². The molecule has 3 aromatic carbocycles. The summed E-state index contributed by atoms with van der Waals surface area (Å²) in [6.07, 6.45) is 0. The molecule has 0 unspecified atom stereocenters. The van der Waals surface area contributed by atoms with E-state index in [9.17, 15) is 21.6 Å². The average Bonchev–Trinajstić information content (AvgIpc) is 2.87. The van der Waals surface area contributed by atoms with E-state index in [1.165, 1.54) is 56.7 Å². The van der Waals surface area contributed by atoms with Gasteiger partial charge in [0.25, 0.3) is 10.0 Å². The van der Waals surface area contributed by atoms with Crippen molar-refractivity contribution in [3.8, 4) is 11.5 Å². The minimum atomic E-state index is -4.13. The molecule has 37 heavy (non-hydrogen) atoms. The Bertz CT molecular complexity index is 1440. The summed E-state index contributed by atoms with van der Waals surface area (Å²) in [6.45, 7) is 2.78. The Morgan fingerprint density at radius 3 is 2.08 bits per heavy atom. The summed E-state index contributed by atoms with van der Waals surface area (Å²) in [5.41, 5.74) is 0.315. The highest BCUT2D eigenvalue weighted by molar-refractivity contribution is 7.92. The number of carbonyl (C=O) groups is 1. The first-order valence-electron chi connectivity index (χ1n) is 11.2. The van der Waals surface area contributed by atoms with E-state index in [0.29, 0.717) is 5.75 Å². The fourth-order valence-corrected chi connectivity index (χ4v) is 6.15. The first-order valence-corrected chi connectivity index (χ1v) is 14.1. The van der Waals surface area contributed by atoms with Gasteiger partial charge in [0.05, 0.1) is 35.4 Å². The lowest BCUT2D eigenvalue weighted by Crippen LogP contribution is -2.38. The molecule has 1 amide bonds. The van der Waals surface area contributed by atoms with Gasteiger partial charge in [-0.15, -0.1) is 0 Å². The third kappa shape index (κ3) is 6.79. The lowest BCUT2D eigenvalue weighted by molar-refractivity contribution is -0.114. The Kier molecular flexibility index (Phi) is 8.79. The number of hydrogen-bond acceptors (Lipinski definition) is 7. The van der Waals surface area contributed by atoms with Crippen LogP contribution in [0, 0.1) is 0 Å². The standard InChI is InChI=1S/C25H29N3O7S2/c1-18(2)27-36(30,31)22-14-15-24(35-4)23(16-22)26-25(29)17-28(19-10-12-20(34-3)13-11-19)37(32,33)21-8-6-5-7-9-21/h5-16,18,27H,17H2,1-4H3,(H,26,29). The van der Waals surface area contributed by atoms with Crippen molar-refractivity contribution in [2.45, 2.75) is 29.7 Å². The summed E-state index contributed by atoms with van der Waals surface area (Å²) in [7, 11) is -5.12. The van der Waals surface area contributed by atoms with Crippen molar-refractivity contribution in [2.75, 3.05) is 30.4 Å². The van der Waals surface area contributed by atoms with Gasteiger partial charge in [-0.25, -0.2) is 21.6 Å². The maximum absolute atomic E-state index is 13.5. The van der Waals surface area contributed by atoms with Crippen LogP contribution in [0.2, 0.25) is 0 Å². The Hall–Kier alpha value is -3.61. The van der Waals surface area contributed by atoms with E-state index in [2.05, 4.69) is 10.0 Å². The third-order valence-electron chi connectivity index (χ3n) is 5.13. The molecule has 0 atom stereocenters. The van der Waals surface area contributed by atoms with Gasteiger partial charge in [-0.05, 0) is 68.4 Å². The highest BCUT2D eigenvalue weighted by Gasteiger charge is 2.28. The summed E-state index contributed by atoms with van der Waals surface area (Å²) in [5.74, 6) is 0.0155. The van der Waals surface area contributed by atoms with Crippen LogP contribution in [0.5, 0.6) is 11.5 Å². The molecule has 0 saturated heterocycles. The van der Waals surface area contributed by atoms with Crippen LogP contribution >= 0.6 is 0 Å². The van der Waals surface area contributed by atoms with Crippen LogP contribution in [0.25, 0.3) is 0 Å². The second-order valence-electron chi connectivity index (χ2n) is 8.21. The van der Waals surface area contributed by atoms with Gasteiger partial charge in [-0.3, -0.25) is 9.10 Å². The molecular formula is C25H29N3O7S2. The number of methoxy groups -OCH3 is 2. The SMILES string of the molecule is COc1ccc(N(CC(=O)Nc2cc(S(=O)(=O)NC(C)C)ccc2OC)S(=O)(=O)c2ccccc2)cc1. The summed E-state index contributed by atoms with van der Waals surface area (Å²) in [5, 5.41) is 2.59. The number of sulfonamides is 2. The molecule has 0 spiro atoms. The number of rotatable bonds is 11. The number of nitrogens with one attached hydrogen (secondary N) is 2. The summed E-state index contributed by atoms with van der Waals surface area (Å²) >= 11 is 0. The minimum Gasteiger partial charge on any atom is -0.497 e. The lowest BCUT2D eigenvalue weighted by atomic mass is 10.3. The summed E-state index contributed by atoms with van der Waals surface area (Å²) in [6, 6.07) is 17.6. The van der Waals surface area contributed by atoms with Crippen LogP contribution in [0.4, 0.5) is 11.4 Å². The highest BCUT2D eigenvalue weighted by Crippen LogP contribution is 2.29. The van der Waals surface area contributed by atoms with Crippen molar-refractivity contribution >= 4 is 37.3 Å². The minimum absolute atomic E-state index is 0.00375. The Labute approximate surface area is 217 Å². The van der Waals surface area contributed by atoms with Crippen molar-refractivity contribution in [1.29, 1.82) is 0 Å². The topological polar surface area (TPSA) is 131 Å². The molecule has 0 bridgehead atoms. The molecule has 0 saturated carbocycles. The molecule has 2 N–H and O–H groups in total. The number of amides is 1. The fourth-order valence-electron chi connectivity index (χ4n) is 3.43. The van der Waals surface area contributed by atoms with Crippen LogP contribution in [-0.2, 0) is 24.8 Å². The summed E-state index contributed by atoms with van der Waals surface area (Å²) < 4.78 is 66.1. The zero-order chi connectivity index (χ0) is 27.2. The Morgan fingerprint density at radius 2 is 1.51 bits per heavy atom. The number of ether oxygens (including phenoxy) is 2. The predicted octanol–water partition coefficient (Wildman–Crippen LogP) is 3.22. The van der Waals surface area contributed by atoms with Gasteiger partial charge in [0.2, 0.25) is 15.9 Å². The first kappa shape index (κ1) is 28.0. The zero-order valence-corrected chi connectivity index (χ0v) is 22.5. The fraction of sp³-hybridized carbons (Fsp3) is 0.240. The molecule has 10 nitrogen and oxygen atoms in total. The molecule has 12 heteroatoms. The first-order chi connectivity index (χ1) is 17.5. The molecule has 0 aliphatic carbocycles. The molecule has 3 aromatic rings. The number of nitrogens with zero attached hydrogens (tertiary/aromatic N) is 1. The van der Waals surface area contributed by atoms with E-state index in [0.717, 1.165) is 4.31 Å². The number of carbonyl (C=O) groups excluding carboxylic acids is 1. The van der Waals surface area contributed by atoms with Gasteiger partial charge in [0.1, 0.15) is 18.0 Å². The van der Waals surface area contributed by atoms with E-state index < -0.39 is 32.5 Å². The molecule has 0 aromatic heterocycles. The molecule has 198 valence electrons. The van der Waals surface area contributed by atoms with Gasteiger partial charge in [-0.2, -0.15) is 0 Å². The number of hydrogen-bond donors (Lipinski definition) is 2. The Balaban J connectivity index is 1.96. The van der Waals surface area contributed by atoms with Crippen LogP contribution in [0.1, 0.15) is 13.8 Å². The van der Waals surface area contributed by atoms with Gasteiger partial charge >= 0.3 is 0 Å². The summed E-state index contributed by atoms with van der Waals surface area (Å²) in [4.78, 5) is 13.1. The highest BCUT2D eigenvalue weighted by atomic mass is 32.2. The second kappa shape index (κ2) is 11.6. The largest absolute Gasteiger partial charge is 0.497 e. The molecule has 0 aliphatic rings. The van der Waals surface area contributed by atoms with Crippen molar-refractivity contribution in [2.24, 2.45) is 0 Å². The smallest absolute Gasteiger partial charge is 0.264 e. The van der Waals surface area contributed by atoms with Gasteiger partial charge in [0, 0.05) is 6.04 Å². The van der Waals surface area contributed by atoms with Crippen molar-refractivity contribution in [3.05, 3.63) is 72.8 Å². The Morgan fingerprint density at radius 1 is 0.865 bits per heavy atom. The molecule has 0 fully saturated rings. The van der Waals surface area contributed by atoms with E-state index in [1.807, 2.05) is 0 Å². The lowest BCUT2D eigenvalue weighted by Gasteiger charge is -2.24. The molecule has 0 radical (unpaired) electrons. The van der Waals surface area contributed by atoms with Crippen LogP contribution in [0.15, 0.2) is 82.6 Å². The van der Waals surface area contributed by atoms with Crippen molar-refractivity contribution < 1.29 is 31.1 Å². The van der Waals surface area contributed by atoms with Crippen LogP contribution in [-0.4, -0.2) is 49.5 Å². The van der Waals surface area contributed by atoms with Crippen molar-refractivity contribution in [1.82, 2.24) is 4.72 Å². The van der Waals surface area contributed by atoms with Gasteiger partial charge in [0.15, 0.2) is 0 Å². The number of benzene rings is 3. The number of anilines is 2. The van der Waals surface area contributed by atoms with Crippen LogP contribution in [0.3, 0.4) is 0 Å². The maximum atomic E-state index is 13.5. The normalized spacial score (nSPS) is 11.7. The van der Waals surface area contributed by atoms with E-state index in [-0.39, 0.29) is 33.0 Å². The van der Waals surface area contributed by atoms with E-state index in [4.69, 9.17) is 9.47 Å². The maximum Gasteiger partial charge on any atom is 0.264 e. The van der Waals surface area contributed by atoms with E-state index >= 15 is 0 Å². The molecular weight excluding hydrogens is 518 g/mol. The average molecular weight is 548 g/mol. The van der Waals surface area contributed by atoms with E-state index in [1.54, 1.807) is 44.2 Å². The molecule has 0 aliphatic heterocycles. The van der Waals surface area contributed by atoms with Crippen molar-refractivity contribution in [3.63, 3.8) is 0 Å². The monoisotopic (exact) mass is 547 g/mol. The molecule has 3 rings (SSSR count). The second-order valence-corrected chi connectivity index (χ2v) is 11.8. The third-order valence-corrected chi connectivity index (χ3v) is 8.57. The molecule has 0 heterocycles.